The Labute approximate surface area is 189 Å². The van der Waals surface area contributed by atoms with E-state index in [-0.39, 0.29) is 23.3 Å². The van der Waals surface area contributed by atoms with E-state index in [0.717, 1.165) is 50.3 Å². The number of hydrogen-bond acceptors (Lipinski definition) is 5. The van der Waals surface area contributed by atoms with Gasteiger partial charge in [-0.1, -0.05) is 12.2 Å². The van der Waals surface area contributed by atoms with Gasteiger partial charge in [0.05, 0.1) is 19.0 Å². The summed E-state index contributed by atoms with van der Waals surface area (Å²) < 4.78 is 5.42. The number of H-pyrrole nitrogens is 1. The Morgan fingerprint density at radius 3 is 2.69 bits per heavy atom. The summed E-state index contributed by atoms with van der Waals surface area (Å²) in [5.74, 6) is 1.21. The average Bonchev–Trinajstić information content (AvgIpc) is 3.47. The van der Waals surface area contributed by atoms with Crippen LogP contribution >= 0.6 is 0 Å². The number of aromatic nitrogens is 2. The molecule has 2 fully saturated rings. The molecule has 1 aromatic carbocycles. The Bertz CT molecular complexity index is 1030. The molecule has 1 amide bonds. The number of aromatic amines is 1. The van der Waals surface area contributed by atoms with Gasteiger partial charge in [-0.05, 0) is 82.4 Å². The lowest BCUT2D eigenvalue weighted by molar-refractivity contribution is 0.0945. The predicted molar refractivity (Wildman–Crippen MR) is 126 cm³/mol. The number of nitrogens with zero attached hydrogens (tertiary/aromatic N) is 2. The summed E-state index contributed by atoms with van der Waals surface area (Å²) in [5.41, 5.74) is 2.90. The third-order valence-corrected chi connectivity index (χ3v) is 6.20. The first-order chi connectivity index (χ1) is 15.5. The highest BCUT2D eigenvalue weighted by atomic mass is 16.5. The maximum atomic E-state index is 12.5. The topological polar surface area (TPSA) is 90.5 Å². The fourth-order valence-electron chi connectivity index (χ4n) is 4.18. The third-order valence-electron chi connectivity index (χ3n) is 6.20. The van der Waals surface area contributed by atoms with E-state index in [1.165, 1.54) is 12.7 Å². The molecule has 4 rings (SSSR count). The Hall–Kier alpha value is -3.06. The number of ether oxygens (including phenoxy) is 1. The van der Waals surface area contributed by atoms with Crippen molar-refractivity contribution in [1.82, 2.24) is 20.2 Å². The maximum Gasteiger partial charge on any atom is 0.259 e. The Balaban J connectivity index is 1.59. The molecule has 0 spiro atoms. The fraction of sp³-hybridized carbons (Fsp3) is 0.440. The van der Waals surface area contributed by atoms with E-state index in [1.54, 1.807) is 18.3 Å². The second-order valence-electron chi connectivity index (χ2n) is 8.72. The van der Waals surface area contributed by atoms with E-state index in [2.05, 4.69) is 45.5 Å². The second-order valence-corrected chi connectivity index (χ2v) is 8.72. The lowest BCUT2D eigenvalue weighted by Crippen LogP contribution is -2.30. The van der Waals surface area contributed by atoms with Crippen molar-refractivity contribution in [2.75, 3.05) is 27.2 Å². The summed E-state index contributed by atoms with van der Waals surface area (Å²) in [4.78, 5) is 22.8. The lowest BCUT2D eigenvalue weighted by Gasteiger charge is -2.29. The maximum absolute atomic E-state index is 12.5. The van der Waals surface area contributed by atoms with Crippen LogP contribution in [0.5, 0.6) is 11.5 Å². The van der Waals surface area contributed by atoms with Gasteiger partial charge in [0.2, 0.25) is 0 Å². The zero-order valence-corrected chi connectivity index (χ0v) is 19.0. The van der Waals surface area contributed by atoms with Crippen molar-refractivity contribution >= 4 is 12.0 Å². The number of carbonyl (C=O) groups is 1. The van der Waals surface area contributed by atoms with Crippen LogP contribution in [0, 0.1) is 5.92 Å². The summed E-state index contributed by atoms with van der Waals surface area (Å²) in [7, 11) is 3.66. The molecule has 32 heavy (non-hydrogen) atoms. The quantitative estimate of drug-likeness (QED) is 0.571. The molecule has 2 aliphatic rings. The summed E-state index contributed by atoms with van der Waals surface area (Å²) in [6.45, 7) is 4.23. The molecule has 1 aromatic heterocycles. The molecule has 170 valence electrons. The van der Waals surface area contributed by atoms with Crippen molar-refractivity contribution in [2.24, 2.45) is 5.92 Å². The van der Waals surface area contributed by atoms with Crippen LogP contribution < -0.4 is 10.1 Å². The SMILES string of the molecule is C/C=C\C(=C/c1ncc(-c2cc(O)c(C(=O)NC3CC3)c(OC)c2)[nH]1)C1CCN(C)CC1. The van der Waals surface area contributed by atoms with Gasteiger partial charge < -0.3 is 25.0 Å². The summed E-state index contributed by atoms with van der Waals surface area (Å²) in [6, 6.07) is 3.53. The minimum Gasteiger partial charge on any atom is -0.507 e. The van der Waals surface area contributed by atoms with Crippen molar-refractivity contribution in [3.8, 4) is 22.8 Å². The molecule has 0 bridgehead atoms. The van der Waals surface area contributed by atoms with Gasteiger partial charge in [0.25, 0.3) is 5.91 Å². The molecule has 0 radical (unpaired) electrons. The number of likely N-dealkylation sites (tertiary alicyclic amines) is 1. The first-order valence-corrected chi connectivity index (χ1v) is 11.3. The number of nitrogens with one attached hydrogen (secondary N) is 2. The first-order valence-electron chi connectivity index (χ1n) is 11.3. The van der Waals surface area contributed by atoms with Crippen LogP contribution in [0.15, 0.2) is 36.1 Å². The standard InChI is InChI=1S/C25H32N4O3/c1-4-5-17(16-8-10-29(2)11-9-16)14-23-26-15-20(28-23)18-12-21(30)24(22(13-18)32-3)25(31)27-19-6-7-19/h4-5,12-16,19,30H,6-11H2,1-3H3,(H,26,28)(H,27,31)/b5-4-,17-14+. The minimum absolute atomic E-state index is 0.106. The van der Waals surface area contributed by atoms with E-state index in [9.17, 15) is 9.90 Å². The fourth-order valence-corrected chi connectivity index (χ4v) is 4.18. The number of carbonyl (C=O) groups excluding carboxylic acids is 1. The van der Waals surface area contributed by atoms with Crippen LogP contribution in [0.4, 0.5) is 0 Å². The molecule has 7 nitrogen and oxygen atoms in total. The van der Waals surface area contributed by atoms with Crippen LogP contribution in [0.25, 0.3) is 17.3 Å². The molecular weight excluding hydrogens is 404 g/mol. The van der Waals surface area contributed by atoms with Crippen LogP contribution in [0.2, 0.25) is 0 Å². The van der Waals surface area contributed by atoms with Gasteiger partial charge >= 0.3 is 0 Å². The van der Waals surface area contributed by atoms with Crippen molar-refractivity contribution in [3.05, 3.63) is 47.4 Å². The number of phenols is 1. The molecule has 0 unspecified atom stereocenters. The lowest BCUT2D eigenvalue weighted by atomic mass is 9.88. The summed E-state index contributed by atoms with van der Waals surface area (Å²) >= 11 is 0. The van der Waals surface area contributed by atoms with Crippen molar-refractivity contribution in [2.45, 2.75) is 38.6 Å². The number of phenolic OH excluding ortho intramolecular Hbond substituents is 1. The highest BCUT2D eigenvalue weighted by Crippen LogP contribution is 2.35. The molecule has 2 aromatic rings. The van der Waals surface area contributed by atoms with E-state index >= 15 is 0 Å². The molecule has 1 aliphatic heterocycles. The van der Waals surface area contributed by atoms with Crippen molar-refractivity contribution in [1.29, 1.82) is 0 Å². The van der Waals surface area contributed by atoms with Gasteiger partial charge in [-0.15, -0.1) is 0 Å². The van der Waals surface area contributed by atoms with Crippen molar-refractivity contribution in [3.63, 3.8) is 0 Å². The highest BCUT2D eigenvalue weighted by Gasteiger charge is 2.27. The van der Waals surface area contributed by atoms with E-state index in [1.807, 2.05) is 6.92 Å². The number of imidazole rings is 1. The zero-order chi connectivity index (χ0) is 22.7. The monoisotopic (exact) mass is 436 g/mol. The third kappa shape index (κ3) is 5.05. The van der Waals surface area contributed by atoms with E-state index in [0.29, 0.717) is 17.2 Å². The van der Waals surface area contributed by atoms with Gasteiger partial charge in [0, 0.05) is 11.6 Å². The number of allylic oxidation sites excluding steroid dienone is 3. The van der Waals surface area contributed by atoms with Gasteiger partial charge in [-0.3, -0.25) is 4.79 Å². The van der Waals surface area contributed by atoms with Crippen LogP contribution in [0.1, 0.15) is 48.8 Å². The number of benzene rings is 1. The summed E-state index contributed by atoms with van der Waals surface area (Å²) in [6.07, 6.45) is 12.3. The zero-order valence-electron chi connectivity index (χ0n) is 19.0. The molecule has 2 heterocycles. The first kappa shape index (κ1) is 22.1. The number of methoxy groups -OCH3 is 1. The number of hydrogen-bond donors (Lipinski definition) is 3. The normalized spacial score (nSPS) is 18.3. The van der Waals surface area contributed by atoms with Gasteiger partial charge in [-0.25, -0.2) is 4.98 Å². The molecular formula is C25H32N4O3. The second kappa shape index (κ2) is 9.61. The van der Waals surface area contributed by atoms with Crippen LogP contribution in [-0.4, -0.2) is 59.2 Å². The Kier molecular flexibility index (Phi) is 6.65. The molecule has 1 saturated carbocycles. The number of aromatic hydroxyl groups is 1. The number of piperidine rings is 1. The van der Waals surface area contributed by atoms with E-state index < -0.39 is 0 Å². The summed E-state index contributed by atoms with van der Waals surface area (Å²) in [5, 5.41) is 13.5. The number of rotatable bonds is 7. The van der Waals surface area contributed by atoms with Crippen LogP contribution in [0.3, 0.4) is 0 Å². The Morgan fingerprint density at radius 1 is 1.28 bits per heavy atom. The smallest absolute Gasteiger partial charge is 0.259 e. The largest absolute Gasteiger partial charge is 0.507 e. The predicted octanol–water partition coefficient (Wildman–Crippen LogP) is 3.98. The molecule has 1 aliphatic carbocycles. The molecule has 3 N–H and O–H groups in total. The molecule has 7 heteroatoms. The average molecular weight is 437 g/mol. The van der Waals surface area contributed by atoms with E-state index in [4.69, 9.17) is 4.74 Å². The minimum atomic E-state index is -0.309. The molecule has 1 saturated heterocycles. The Morgan fingerprint density at radius 2 is 2.03 bits per heavy atom. The highest BCUT2D eigenvalue weighted by molar-refractivity contribution is 6.00. The van der Waals surface area contributed by atoms with Crippen LogP contribution in [-0.2, 0) is 0 Å². The van der Waals surface area contributed by atoms with Gasteiger partial charge in [-0.2, -0.15) is 0 Å². The van der Waals surface area contributed by atoms with Gasteiger partial charge in [0.1, 0.15) is 22.9 Å². The number of amides is 1. The molecule has 0 atom stereocenters. The van der Waals surface area contributed by atoms with Crippen molar-refractivity contribution < 1.29 is 14.6 Å². The van der Waals surface area contributed by atoms with Gasteiger partial charge in [0.15, 0.2) is 0 Å².